The summed E-state index contributed by atoms with van der Waals surface area (Å²) in [4.78, 5) is 10.2. The molecule has 11 heavy (non-hydrogen) atoms. The predicted octanol–water partition coefficient (Wildman–Crippen LogP) is -1.82. The summed E-state index contributed by atoms with van der Waals surface area (Å²) in [6.07, 6.45) is 1.78. The van der Waals surface area contributed by atoms with Crippen LogP contribution < -0.4 is 10.8 Å². The first kappa shape index (κ1) is 7.81. The fourth-order valence-electron chi connectivity index (χ4n) is 0.755. The Bertz CT molecular complexity index is 230. The maximum Gasteiger partial charge on any atom is 0.132 e. The van der Waals surface area contributed by atoms with Gasteiger partial charge >= 0.3 is 0 Å². The number of quaternary nitrogens is 1. The van der Waals surface area contributed by atoms with Gasteiger partial charge in [-0.1, -0.05) is 0 Å². The number of carboxylic acids is 1. The van der Waals surface area contributed by atoms with Crippen LogP contribution in [-0.2, 0) is 11.2 Å². The number of furan rings is 1. The van der Waals surface area contributed by atoms with Gasteiger partial charge in [0.2, 0.25) is 0 Å². The third-order valence-corrected chi connectivity index (χ3v) is 1.36. The largest absolute Gasteiger partial charge is 0.544 e. The summed E-state index contributed by atoms with van der Waals surface area (Å²) in [5.74, 6) is -0.532. The third-order valence-electron chi connectivity index (χ3n) is 1.36. The Balaban J connectivity index is 2.50. The SMILES string of the molecule is [NH3+][C@@H](Cc1ccco1)C(=O)[O-]. The Labute approximate surface area is 63.6 Å². The maximum absolute atomic E-state index is 10.2. The van der Waals surface area contributed by atoms with E-state index >= 15 is 0 Å². The van der Waals surface area contributed by atoms with Crippen LogP contribution in [-0.4, -0.2) is 12.0 Å². The molecule has 0 saturated heterocycles. The second-order valence-electron chi connectivity index (χ2n) is 2.30. The van der Waals surface area contributed by atoms with Gasteiger partial charge in [-0.15, -0.1) is 0 Å². The zero-order valence-electron chi connectivity index (χ0n) is 5.95. The van der Waals surface area contributed by atoms with Gasteiger partial charge in [0, 0.05) is 0 Å². The molecule has 0 unspecified atom stereocenters. The summed E-state index contributed by atoms with van der Waals surface area (Å²) in [5.41, 5.74) is 3.39. The Morgan fingerprint density at radius 2 is 2.55 bits per heavy atom. The van der Waals surface area contributed by atoms with Crippen LogP contribution in [0.25, 0.3) is 0 Å². The molecule has 0 aromatic carbocycles. The van der Waals surface area contributed by atoms with Gasteiger partial charge in [0.15, 0.2) is 0 Å². The zero-order valence-corrected chi connectivity index (χ0v) is 5.95. The lowest BCUT2D eigenvalue weighted by Crippen LogP contribution is -2.69. The third kappa shape index (κ3) is 2.09. The molecule has 1 atom stereocenters. The number of carbonyl (C=O) groups excluding carboxylic acids is 1. The average Bonchev–Trinajstić information content (AvgIpc) is 2.39. The molecule has 0 aliphatic carbocycles. The van der Waals surface area contributed by atoms with Gasteiger partial charge in [0.05, 0.1) is 18.7 Å². The van der Waals surface area contributed by atoms with Crippen LogP contribution in [0.5, 0.6) is 0 Å². The van der Waals surface area contributed by atoms with E-state index in [0.29, 0.717) is 5.76 Å². The van der Waals surface area contributed by atoms with Gasteiger partial charge in [0.25, 0.3) is 0 Å². The van der Waals surface area contributed by atoms with Crippen LogP contribution in [0, 0.1) is 0 Å². The fraction of sp³-hybridized carbons (Fsp3) is 0.286. The van der Waals surface area contributed by atoms with Crippen molar-refractivity contribution in [2.45, 2.75) is 12.5 Å². The minimum atomic E-state index is -1.15. The molecule has 1 rings (SSSR count). The van der Waals surface area contributed by atoms with Crippen LogP contribution >= 0.6 is 0 Å². The molecule has 1 heterocycles. The van der Waals surface area contributed by atoms with E-state index in [1.54, 1.807) is 12.1 Å². The van der Waals surface area contributed by atoms with Crippen molar-refractivity contribution < 1.29 is 20.1 Å². The Morgan fingerprint density at radius 3 is 3.00 bits per heavy atom. The molecule has 4 heteroatoms. The lowest BCUT2D eigenvalue weighted by atomic mass is 10.2. The van der Waals surface area contributed by atoms with Crippen LogP contribution in [0.3, 0.4) is 0 Å². The molecule has 3 N–H and O–H groups in total. The van der Waals surface area contributed by atoms with Crippen molar-refractivity contribution in [1.82, 2.24) is 0 Å². The fourth-order valence-corrected chi connectivity index (χ4v) is 0.755. The second-order valence-corrected chi connectivity index (χ2v) is 2.30. The molecule has 1 aromatic rings. The highest BCUT2D eigenvalue weighted by Gasteiger charge is 2.09. The number of rotatable bonds is 3. The van der Waals surface area contributed by atoms with E-state index in [4.69, 9.17) is 4.42 Å². The normalized spacial score (nSPS) is 12.8. The van der Waals surface area contributed by atoms with Crippen molar-refractivity contribution in [2.24, 2.45) is 0 Å². The molecule has 0 amide bonds. The second kappa shape index (κ2) is 3.21. The summed E-state index contributed by atoms with van der Waals surface area (Å²) in [6, 6.07) is 2.68. The molecule has 60 valence electrons. The molecular formula is C7H9NO3. The van der Waals surface area contributed by atoms with E-state index in [0.717, 1.165) is 0 Å². The standard InChI is InChI=1S/C7H9NO3/c8-6(7(9)10)4-5-2-1-3-11-5/h1-3,6H,4,8H2,(H,9,10)/t6-/m0/s1. The van der Waals surface area contributed by atoms with Crippen molar-refractivity contribution in [1.29, 1.82) is 0 Å². The van der Waals surface area contributed by atoms with Crippen molar-refractivity contribution in [3.05, 3.63) is 24.2 Å². The Hall–Kier alpha value is -1.29. The van der Waals surface area contributed by atoms with E-state index in [2.05, 4.69) is 5.73 Å². The molecule has 0 aliphatic heterocycles. The van der Waals surface area contributed by atoms with Crippen molar-refractivity contribution in [2.75, 3.05) is 0 Å². The van der Waals surface area contributed by atoms with Crippen LogP contribution in [0.15, 0.2) is 22.8 Å². The summed E-state index contributed by atoms with van der Waals surface area (Å²) < 4.78 is 4.92. The average molecular weight is 155 g/mol. The monoisotopic (exact) mass is 155 g/mol. The highest BCUT2D eigenvalue weighted by atomic mass is 16.4. The van der Waals surface area contributed by atoms with Crippen molar-refractivity contribution >= 4 is 5.97 Å². The summed E-state index contributed by atoms with van der Waals surface area (Å²) in [6.45, 7) is 0. The smallest absolute Gasteiger partial charge is 0.132 e. The van der Waals surface area contributed by atoms with E-state index in [1.165, 1.54) is 6.26 Å². The van der Waals surface area contributed by atoms with Crippen LogP contribution in [0.1, 0.15) is 5.76 Å². The topological polar surface area (TPSA) is 80.9 Å². The van der Waals surface area contributed by atoms with Crippen molar-refractivity contribution in [3.63, 3.8) is 0 Å². The first-order valence-corrected chi connectivity index (χ1v) is 3.26. The highest BCUT2D eigenvalue weighted by Crippen LogP contribution is 2.01. The van der Waals surface area contributed by atoms with Crippen LogP contribution in [0.2, 0.25) is 0 Å². The number of aliphatic carboxylic acids is 1. The summed E-state index contributed by atoms with van der Waals surface area (Å²) in [5, 5.41) is 10.2. The number of carboxylic acid groups (broad SMARTS) is 1. The minimum Gasteiger partial charge on any atom is -0.544 e. The summed E-state index contributed by atoms with van der Waals surface area (Å²) in [7, 11) is 0. The van der Waals surface area contributed by atoms with Gasteiger partial charge < -0.3 is 20.1 Å². The van der Waals surface area contributed by atoms with E-state index < -0.39 is 12.0 Å². The molecule has 1 aromatic heterocycles. The highest BCUT2D eigenvalue weighted by molar-refractivity contribution is 5.69. The first-order valence-electron chi connectivity index (χ1n) is 3.26. The molecule has 0 bridgehead atoms. The first-order chi connectivity index (χ1) is 5.20. The predicted molar refractivity (Wildman–Crippen MR) is 34.1 cm³/mol. The van der Waals surface area contributed by atoms with Gasteiger partial charge in [-0.25, -0.2) is 0 Å². The minimum absolute atomic E-state index is 0.287. The van der Waals surface area contributed by atoms with E-state index in [-0.39, 0.29) is 6.42 Å². The lowest BCUT2D eigenvalue weighted by molar-refractivity contribution is -0.437. The molecule has 0 radical (unpaired) electrons. The van der Waals surface area contributed by atoms with Gasteiger partial charge in [0.1, 0.15) is 11.8 Å². The molecule has 0 fully saturated rings. The van der Waals surface area contributed by atoms with E-state index in [1.807, 2.05) is 0 Å². The van der Waals surface area contributed by atoms with Gasteiger partial charge in [-0.2, -0.15) is 0 Å². The molecule has 4 nitrogen and oxygen atoms in total. The summed E-state index contributed by atoms with van der Waals surface area (Å²) >= 11 is 0. The van der Waals surface area contributed by atoms with Crippen molar-refractivity contribution in [3.8, 4) is 0 Å². The molecule has 0 spiro atoms. The van der Waals surface area contributed by atoms with Gasteiger partial charge in [-0.05, 0) is 12.1 Å². The van der Waals surface area contributed by atoms with E-state index in [9.17, 15) is 9.90 Å². The van der Waals surface area contributed by atoms with Gasteiger partial charge in [-0.3, -0.25) is 0 Å². The Kier molecular flexibility index (Phi) is 2.28. The maximum atomic E-state index is 10.2. The molecular weight excluding hydrogens is 146 g/mol. The lowest BCUT2D eigenvalue weighted by Gasteiger charge is -2.05. The Morgan fingerprint density at radius 1 is 1.82 bits per heavy atom. The zero-order chi connectivity index (χ0) is 8.27. The molecule has 0 saturated carbocycles. The van der Waals surface area contributed by atoms with Crippen LogP contribution in [0.4, 0.5) is 0 Å². The number of hydrogen-bond acceptors (Lipinski definition) is 3. The number of carbonyl (C=O) groups is 1. The molecule has 0 aliphatic rings. The number of hydrogen-bond donors (Lipinski definition) is 1. The quantitative estimate of drug-likeness (QED) is 0.558.